The quantitative estimate of drug-likeness (QED) is 0.576. The van der Waals surface area contributed by atoms with Gasteiger partial charge in [-0.25, -0.2) is 0 Å². The van der Waals surface area contributed by atoms with Crippen LogP contribution in [0.5, 0.6) is 0 Å². The number of nitrogens with one attached hydrogen (secondary N) is 1. The third-order valence-electron chi connectivity index (χ3n) is 6.39. The van der Waals surface area contributed by atoms with Gasteiger partial charge in [-0.05, 0) is 59.6 Å². The molecule has 1 fully saturated rings. The lowest BCUT2D eigenvalue weighted by Crippen LogP contribution is -2.31. The molecule has 1 heterocycles. The van der Waals surface area contributed by atoms with Gasteiger partial charge < -0.3 is 0 Å². The monoisotopic (exact) mass is 380 g/mol. The second-order valence-electron chi connectivity index (χ2n) is 11.3. The zero-order valence-electron chi connectivity index (χ0n) is 19.2. The highest BCUT2D eigenvalue weighted by atomic mass is 15.3. The molecule has 0 bridgehead atoms. The van der Waals surface area contributed by atoms with Gasteiger partial charge in [0, 0.05) is 11.6 Å². The van der Waals surface area contributed by atoms with Crippen molar-refractivity contribution in [2.45, 2.75) is 92.4 Å². The molecule has 2 nitrogen and oxygen atoms in total. The van der Waals surface area contributed by atoms with E-state index in [1.165, 1.54) is 61.1 Å². The second kappa shape index (κ2) is 8.05. The molecule has 0 spiro atoms. The fourth-order valence-electron chi connectivity index (χ4n) is 4.97. The summed E-state index contributed by atoms with van der Waals surface area (Å²) in [5, 5.41) is 4.84. The number of allylic oxidation sites excluding steroid dienone is 2. The van der Waals surface area contributed by atoms with E-state index in [0.717, 1.165) is 5.92 Å². The smallest absolute Gasteiger partial charge is 0.0751 e. The van der Waals surface area contributed by atoms with Gasteiger partial charge >= 0.3 is 0 Å². The van der Waals surface area contributed by atoms with Crippen LogP contribution in [0.3, 0.4) is 0 Å². The van der Waals surface area contributed by atoms with Gasteiger partial charge in [0.25, 0.3) is 0 Å². The Kier molecular flexibility index (Phi) is 6.08. The Bertz CT molecular complexity index is 738. The number of benzene rings is 1. The van der Waals surface area contributed by atoms with Gasteiger partial charge in [-0.15, -0.1) is 0 Å². The van der Waals surface area contributed by atoms with Crippen LogP contribution in [-0.4, -0.2) is 5.71 Å². The van der Waals surface area contributed by atoms with Gasteiger partial charge in [0.05, 0.1) is 5.71 Å². The summed E-state index contributed by atoms with van der Waals surface area (Å²) in [4.78, 5) is 0. The molecule has 1 N–H and O–H groups in total. The summed E-state index contributed by atoms with van der Waals surface area (Å²) >= 11 is 0. The number of nitrogens with zero attached hydrogens (tertiary/aromatic N) is 1. The highest BCUT2D eigenvalue weighted by Crippen LogP contribution is 2.40. The summed E-state index contributed by atoms with van der Waals surface area (Å²) in [7, 11) is 0. The first-order valence-electron chi connectivity index (χ1n) is 11.2. The van der Waals surface area contributed by atoms with Crippen LogP contribution in [0.1, 0.15) is 98.1 Å². The summed E-state index contributed by atoms with van der Waals surface area (Å²) in [6.07, 6.45) is 7.79. The lowest BCUT2D eigenvalue weighted by molar-refractivity contribution is 0.264. The van der Waals surface area contributed by atoms with Crippen molar-refractivity contribution in [3.63, 3.8) is 0 Å². The Morgan fingerprint density at radius 2 is 1.61 bits per heavy atom. The molecule has 1 saturated carbocycles. The van der Waals surface area contributed by atoms with E-state index in [4.69, 9.17) is 5.10 Å². The third kappa shape index (κ3) is 5.07. The van der Waals surface area contributed by atoms with Crippen molar-refractivity contribution in [3.8, 4) is 0 Å². The Balaban J connectivity index is 1.86. The van der Waals surface area contributed by atoms with E-state index in [2.05, 4.69) is 78.2 Å². The number of hydrogen-bond acceptors (Lipinski definition) is 2. The van der Waals surface area contributed by atoms with Gasteiger partial charge in [-0.3, -0.25) is 5.43 Å². The van der Waals surface area contributed by atoms with E-state index < -0.39 is 0 Å². The minimum atomic E-state index is 0.188. The van der Waals surface area contributed by atoms with Crippen molar-refractivity contribution in [1.29, 1.82) is 0 Å². The van der Waals surface area contributed by atoms with E-state index in [-0.39, 0.29) is 5.41 Å². The molecule has 0 amide bonds. The maximum Gasteiger partial charge on any atom is 0.0751 e. The molecule has 154 valence electrons. The van der Waals surface area contributed by atoms with Crippen LogP contribution in [0.2, 0.25) is 0 Å². The zero-order valence-corrected chi connectivity index (χ0v) is 19.2. The average Bonchev–Trinajstić information content (AvgIpc) is 2.57. The standard InChI is InChI=1S/C26H40N2/c1-18-23-16-19(17-25(2,3)4)10-8-9-11-22(23)24(28-27-18)20-12-14-21(15-13-20)26(5,6)7/h12-15,19,22,27H,8-11,16-17H2,1-7H3. The maximum absolute atomic E-state index is 4.84. The predicted molar refractivity (Wildman–Crippen MR) is 122 cm³/mol. The highest BCUT2D eigenvalue weighted by Gasteiger charge is 2.31. The summed E-state index contributed by atoms with van der Waals surface area (Å²) in [5.41, 5.74) is 10.8. The number of hydrogen-bond donors (Lipinski definition) is 1. The Hall–Kier alpha value is -1.57. The fourth-order valence-corrected chi connectivity index (χ4v) is 4.97. The van der Waals surface area contributed by atoms with Crippen molar-refractivity contribution in [2.24, 2.45) is 22.4 Å². The summed E-state index contributed by atoms with van der Waals surface area (Å²) < 4.78 is 0. The molecule has 2 aliphatic rings. The topological polar surface area (TPSA) is 24.4 Å². The normalized spacial score (nSPS) is 24.0. The molecule has 2 unspecified atom stereocenters. The minimum Gasteiger partial charge on any atom is -0.283 e. The molecule has 1 aromatic rings. The van der Waals surface area contributed by atoms with Gasteiger partial charge in [-0.1, -0.05) is 85.1 Å². The number of hydrazone groups is 1. The molecular formula is C26H40N2. The molecule has 0 saturated heterocycles. The molecule has 3 rings (SSSR count). The van der Waals surface area contributed by atoms with Crippen molar-refractivity contribution in [1.82, 2.24) is 5.43 Å². The largest absolute Gasteiger partial charge is 0.283 e. The summed E-state index contributed by atoms with van der Waals surface area (Å²) in [5.74, 6) is 1.27. The molecular weight excluding hydrogens is 340 g/mol. The number of fused-ring (bicyclic) bond motifs is 1. The first kappa shape index (κ1) is 21.1. The molecule has 1 aromatic carbocycles. The molecule has 28 heavy (non-hydrogen) atoms. The summed E-state index contributed by atoms with van der Waals surface area (Å²) in [6, 6.07) is 9.14. The molecule has 1 aliphatic heterocycles. The van der Waals surface area contributed by atoms with Crippen LogP contribution in [0, 0.1) is 17.3 Å². The van der Waals surface area contributed by atoms with Crippen molar-refractivity contribution in [3.05, 3.63) is 46.7 Å². The zero-order chi connectivity index (χ0) is 20.5. The first-order chi connectivity index (χ1) is 13.0. The van der Waals surface area contributed by atoms with E-state index in [1.807, 2.05) is 0 Å². The van der Waals surface area contributed by atoms with Crippen LogP contribution >= 0.6 is 0 Å². The Morgan fingerprint density at radius 3 is 2.21 bits per heavy atom. The molecule has 0 aromatic heterocycles. The lowest BCUT2D eigenvalue weighted by atomic mass is 9.72. The maximum atomic E-state index is 4.84. The average molecular weight is 381 g/mol. The molecule has 0 radical (unpaired) electrons. The van der Waals surface area contributed by atoms with E-state index in [0.29, 0.717) is 11.3 Å². The summed E-state index contributed by atoms with van der Waals surface area (Å²) in [6.45, 7) is 16.2. The van der Waals surface area contributed by atoms with Gasteiger partial charge in [-0.2, -0.15) is 5.10 Å². The van der Waals surface area contributed by atoms with Crippen LogP contribution in [-0.2, 0) is 5.41 Å². The molecule has 2 heteroatoms. The van der Waals surface area contributed by atoms with E-state index in [1.54, 1.807) is 5.57 Å². The van der Waals surface area contributed by atoms with Crippen LogP contribution in [0.25, 0.3) is 0 Å². The second-order valence-corrected chi connectivity index (χ2v) is 11.3. The van der Waals surface area contributed by atoms with Crippen LogP contribution in [0.15, 0.2) is 40.6 Å². The Morgan fingerprint density at radius 1 is 0.964 bits per heavy atom. The number of rotatable bonds is 2. The minimum absolute atomic E-state index is 0.188. The SMILES string of the molecule is CC1=C2CC(CC(C)(C)C)CCCCC2C(c2ccc(C(C)(C)C)cc2)=NN1. The third-order valence-corrected chi connectivity index (χ3v) is 6.39. The van der Waals surface area contributed by atoms with Crippen molar-refractivity contribution < 1.29 is 0 Å². The van der Waals surface area contributed by atoms with Crippen molar-refractivity contribution in [2.75, 3.05) is 0 Å². The van der Waals surface area contributed by atoms with Gasteiger partial charge in [0.15, 0.2) is 0 Å². The molecule has 1 aliphatic carbocycles. The van der Waals surface area contributed by atoms with Crippen molar-refractivity contribution >= 4 is 5.71 Å². The van der Waals surface area contributed by atoms with Gasteiger partial charge in [0.2, 0.25) is 0 Å². The van der Waals surface area contributed by atoms with E-state index in [9.17, 15) is 0 Å². The van der Waals surface area contributed by atoms with Crippen LogP contribution < -0.4 is 5.43 Å². The predicted octanol–water partition coefficient (Wildman–Crippen LogP) is 7.20. The van der Waals surface area contributed by atoms with Gasteiger partial charge in [0.1, 0.15) is 0 Å². The first-order valence-corrected chi connectivity index (χ1v) is 11.2. The molecule has 2 atom stereocenters. The van der Waals surface area contributed by atoms with E-state index >= 15 is 0 Å². The Labute approximate surface area is 172 Å². The highest BCUT2D eigenvalue weighted by molar-refractivity contribution is 6.04. The fraction of sp³-hybridized carbons (Fsp3) is 0.654. The lowest BCUT2D eigenvalue weighted by Gasteiger charge is -2.35. The van der Waals surface area contributed by atoms with Crippen LogP contribution in [0.4, 0.5) is 0 Å².